The number of nitro benzene ring substituents is 1. The van der Waals surface area contributed by atoms with Gasteiger partial charge in [-0.25, -0.2) is 4.39 Å². The predicted molar refractivity (Wildman–Crippen MR) is 112 cm³/mol. The van der Waals surface area contributed by atoms with Crippen molar-refractivity contribution in [3.05, 3.63) is 70.0 Å². The van der Waals surface area contributed by atoms with Gasteiger partial charge in [0, 0.05) is 50.1 Å². The van der Waals surface area contributed by atoms with Gasteiger partial charge in [0.15, 0.2) is 5.96 Å². The molecule has 0 unspecified atom stereocenters. The van der Waals surface area contributed by atoms with E-state index in [4.69, 9.17) is 0 Å². The molecular weight excluding hydrogens is 452 g/mol. The summed E-state index contributed by atoms with van der Waals surface area (Å²) in [5, 5.41) is 19.9. The fourth-order valence-corrected chi connectivity index (χ4v) is 2.13. The number of hydrogen-bond donors (Lipinski definition) is 3. The van der Waals surface area contributed by atoms with Crippen LogP contribution in [0.3, 0.4) is 0 Å². The fraction of sp³-hybridized carbons (Fsp3) is 0.235. The number of nitrogens with one attached hydrogen (secondary N) is 3. The van der Waals surface area contributed by atoms with Gasteiger partial charge in [-0.1, -0.05) is 18.2 Å². The average molecular weight is 473 g/mol. The Kier molecular flexibility index (Phi) is 9.34. The van der Waals surface area contributed by atoms with Gasteiger partial charge in [-0.2, -0.15) is 0 Å². The minimum absolute atomic E-state index is 0. The summed E-state index contributed by atoms with van der Waals surface area (Å²) in [6.45, 7) is 1.51. The van der Waals surface area contributed by atoms with Gasteiger partial charge in [0.25, 0.3) is 5.69 Å². The first-order valence-corrected chi connectivity index (χ1v) is 7.76. The van der Waals surface area contributed by atoms with Crippen LogP contribution in [0.15, 0.2) is 53.5 Å². The first kappa shape index (κ1) is 21.6. The molecule has 2 aromatic carbocycles. The Morgan fingerprint density at radius 3 is 2.42 bits per heavy atom. The lowest BCUT2D eigenvalue weighted by molar-refractivity contribution is -0.384. The van der Waals surface area contributed by atoms with Crippen molar-refractivity contribution in [3.8, 4) is 0 Å². The topological polar surface area (TPSA) is 91.6 Å². The maximum absolute atomic E-state index is 13.6. The molecule has 2 aromatic rings. The molecule has 2 rings (SSSR count). The minimum Gasteiger partial charge on any atom is -0.383 e. The van der Waals surface area contributed by atoms with Gasteiger partial charge >= 0.3 is 0 Å². The zero-order chi connectivity index (χ0) is 18.1. The zero-order valence-corrected chi connectivity index (χ0v) is 16.6. The molecule has 0 fully saturated rings. The summed E-state index contributed by atoms with van der Waals surface area (Å²) in [4.78, 5) is 14.2. The van der Waals surface area contributed by atoms with Crippen LogP contribution in [0.1, 0.15) is 5.56 Å². The number of guanidine groups is 1. The van der Waals surface area contributed by atoms with Gasteiger partial charge in [0.05, 0.1) is 4.92 Å². The first-order valence-electron chi connectivity index (χ1n) is 7.76. The van der Waals surface area contributed by atoms with E-state index >= 15 is 0 Å². The molecule has 0 spiro atoms. The van der Waals surface area contributed by atoms with Crippen LogP contribution in [-0.2, 0) is 6.54 Å². The van der Waals surface area contributed by atoms with Crippen LogP contribution < -0.4 is 16.0 Å². The number of halogens is 2. The van der Waals surface area contributed by atoms with E-state index in [9.17, 15) is 14.5 Å². The summed E-state index contributed by atoms with van der Waals surface area (Å²) >= 11 is 0. The highest BCUT2D eigenvalue weighted by Crippen LogP contribution is 2.14. The summed E-state index contributed by atoms with van der Waals surface area (Å²) in [6, 6.07) is 12.8. The van der Waals surface area contributed by atoms with E-state index in [0.717, 1.165) is 5.69 Å². The highest BCUT2D eigenvalue weighted by atomic mass is 127. The van der Waals surface area contributed by atoms with Gasteiger partial charge in [0.2, 0.25) is 0 Å². The molecule has 0 aliphatic heterocycles. The van der Waals surface area contributed by atoms with Crippen molar-refractivity contribution in [3.63, 3.8) is 0 Å². The van der Waals surface area contributed by atoms with Gasteiger partial charge in [0.1, 0.15) is 5.82 Å². The van der Waals surface area contributed by atoms with E-state index in [1.165, 1.54) is 18.2 Å². The van der Waals surface area contributed by atoms with Crippen LogP contribution >= 0.6 is 24.0 Å². The number of non-ortho nitro benzene ring substituents is 1. The second-order valence-electron chi connectivity index (χ2n) is 5.17. The summed E-state index contributed by atoms with van der Waals surface area (Å²) in [7, 11) is 1.64. The molecule has 7 nitrogen and oxygen atoms in total. The molecule has 0 aliphatic carbocycles. The number of nitrogens with zero attached hydrogens (tertiary/aromatic N) is 2. The SMILES string of the molecule is CN=C(NCCNc1ccc([N+](=O)[O-])cc1)NCc1ccccc1F.I. The smallest absolute Gasteiger partial charge is 0.269 e. The molecule has 0 aromatic heterocycles. The van der Waals surface area contributed by atoms with Crippen LogP contribution in [0.4, 0.5) is 15.8 Å². The predicted octanol–water partition coefficient (Wildman–Crippen LogP) is 3.13. The minimum atomic E-state index is -0.434. The fourth-order valence-electron chi connectivity index (χ4n) is 2.13. The van der Waals surface area contributed by atoms with Crippen molar-refractivity contribution in [2.24, 2.45) is 4.99 Å². The third kappa shape index (κ3) is 6.82. The Morgan fingerprint density at radius 2 is 1.81 bits per heavy atom. The highest BCUT2D eigenvalue weighted by molar-refractivity contribution is 14.0. The molecule has 3 N–H and O–H groups in total. The summed E-state index contributed by atoms with van der Waals surface area (Å²) in [5.74, 6) is 0.305. The summed E-state index contributed by atoms with van der Waals surface area (Å²) in [5.41, 5.74) is 1.41. The quantitative estimate of drug-likeness (QED) is 0.144. The van der Waals surface area contributed by atoms with E-state index in [0.29, 0.717) is 31.2 Å². The number of anilines is 1. The van der Waals surface area contributed by atoms with Gasteiger partial charge < -0.3 is 16.0 Å². The number of aliphatic imine (C=N–C) groups is 1. The molecule has 140 valence electrons. The van der Waals surface area contributed by atoms with Crippen molar-refractivity contribution < 1.29 is 9.31 Å². The number of rotatable bonds is 7. The molecule has 0 aliphatic rings. The normalized spacial score (nSPS) is 10.6. The summed E-state index contributed by atoms with van der Waals surface area (Å²) in [6.07, 6.45) is 0. The monoisotopic (exact) mass is 473 g/mol. The molecule has 0 saturated carbocycles. The van der Waals surface area contributed by atoms with Crippen LogP contribution in [0.5, 0.6) is 0 Å². The van der Waals surface area contributed by atoms with Gasteiger partial charge in [-0.15, -0.1) is 24.0 Å². The Hall–Kier alpha value is -2.43. The van der Waals surface area contributed by atoms with Crippen LogP contribution in [0.25, 0.3) is 0 Å². The van der Waals surface area contributed by atoms with E-state index in [1.807, 2.05) is 0 Å². The van der Waals surface area contributed by atoms with Crippen molar-refractivity contribution in [2.45, 2.75) is 6.54 Å². The van der Waals surface area contributed by atoms with E-state index in [1.54, 1.807) is 37.4 Å². The van der Waals surface area contributed by atoms with Gasteiger partial charge in [-0.05, 0) is 18.2 Å². The second-order valence-corrected chi connectivity index (χ2v) is 5.17. The van der Waals surface area contributed by atoms with E-state index < -0.39 is 4.92 Å². The van der Waals surface area contributed by atoms with Gasteiger partial charge in [-0.3, -0.25) is 15.1 Å². The van der Waals surface area contributed by atoms with E-state index in [-0.39, 0.29) is 35.5 Å². The molecule has 0 saturated heterocycles. The first-order chi connectivity index (χ1) is 12.1. The highest BCUT2D eigenvalue weighted by Gasteiger charge is 2.04. The Balaban J connectivity index is 0.00000338. The lowest BCUT2D eigenvalue weighted by Gasteiger charge is -2.13. The van der Waals surface area contributed by atoms with E-state index in [2.05, 4.69) is 20.9 Å². The second kappa shape index (κ2) is 11.2. The van der Waals surface area contributed by atoms with Crippen LogP contribution in [0, 0.1) is 15.9 Å². The summed E-state index contributed by atoms with van der Waals surface area (Å²) < 4.78 is 13.6. The van der Waals surface area contributed by atoms with Crippen molar-refractivity contribution in [2.75, 3.05) is 25.5 Å². The van der Waals surface area contributed by atoms with Crippen molar-refractivity contribution >= 4 is 41.3 Å². The maximum atomic E-state index is 13.6. The molecule has 0 heterocycles. The molecular formula is C17H21FIN5O2. The Bertz CT molecular complexity index is 740. The lowest BCUT2D eigenvalue weighted by Crippen LogP contribution is -2.39. The van der Waals surface area contributed by atoms with Crippen LogP contribution in [0.2, 0.25) is 0 Å². The maximum Gasteiger partial charge on any atom is 0.269 e. The zero-order valence-electron chi connectivity index (χ0n) is 14.2. The third-order valence-corrected chi connectivity index (χ3v) is 3.45. The molecule has 0 bridgehead atoms. The molecule has 0 atom stereocenters. The number of nitro groups is 1. The largest absolute Gasteiger partial charge is 0.383 e. The third-order valence-electron chi connectivity index (χ3n) is 3.45. The number of hydrogen-bond acceptors (Lipinski definition) is 4. The van der Waals surface area contributed by atoms with Crippen molar-refractivity contribution in [1.82, 2.24) is 10.6 Å². The Morgan fingerprint density at radius 1 is 1.12 bits per heavy atom. The Labute approximate surface area is 168 Å². The van der Waals surface area contributed by atoms with Crippen LogP contribution in [-0.4, -0.2) is 31.0 Å². The molecule has 9 heteroatoms. The number of benzene rings is 2. The molecule has 26 heavy (non-hydrogen) atoms. The lowest BCUT2D eigenvalue weighted by atomic mass is 10.2. The van der Waals surface area contributed by atoms with Crippen molar-refractivity contribution in [1.29, 1.82) is 0 Å². The average Bonchev–Trinajstić information content (AvgIpc) is 2.62. The molecule has 0 radical (unpaired) electrons. The molecule has 0 amide bonds. The standard InChI is InChI=1S/C17H20FN5O2.HI/c1-19-17(22-12-13-4-2-3-5-16(13)18)21-11-10-20-14-6-8-15(9-7-14)23(24)25;/h2-9,20H,10-12H2,1H3,(H2,19,21,22);1H.